The lowest BCUT2D eigenvalue weighted by Crippen LogP contribution is -2.49. The van der Waals surface area contributed by atoms with Crippen LogP contribution in [0.2, 0.25) is 0 Å². The van der Waals surface area contributed by atoms with Crippen molar-refractivity contribution < 1.29 is 19.8 Å². The van der Waals surface area contributed by atoms with E-state index in [0.29, 0.717) is 13.1 Å². The molecule has 0 aliphatic heterocycles. The summed E-state index contributed by atoms with van der Waals surface area (Å²) in [6.45, 7) is 4.00. The summed E-state index contributed by atoms with van der Waals surface area (Å²) in [5, 5.41) is 23.0. The summed E-state index contributed by atoms with van der Waals surface area (Å²) >= 11 is 0. The lowest BCUT2D eigenvalue weighted by Gasteiger charge is -2.15. The number of carbonyl (C=O) groups is 2. The van der Waals surface area contributed by atoms with Gasteiger partial charge in [-0.05, 0) is 13.8 Å². The molecular weight excluding hydrogens is 188 g/mol. The van der Waals surface area contributed by atoms with E-state index < -0.39 is 24.0 Å². The molecule has 0 radical (unpaired) electrons. The number of rotatable bonds is 5. The number of aliphatic hydroxyl groups excluding tert-OH is 2. The molecule has 14 heavy (non-hydrogen) atoms. The van der Waals surface area contributed by atoms with Crippen LogP contribution in [-0.4, -0.2) is 47.3 Å². The first-order valence-electron chi connectivity index (χ1n) is 4.46. The molecule has 0 fully saturated rings. The van der Waals surface area contributed by atoms with Crippen LogP contribution in [0.25, 0.3) is 0 Å². The molecule has 0 aromatic rings. The highest BCUT2D eigenvalue weighted by molar-refractivity contribution is 5.90. The van der Waals surface area contributed by atoms with Gasteiger partial charge in [-0.25, -0.2) is 0 Å². The van der Waals surface area contributed by atoms with Gasteiger partial charge in [0.05, 0.1) is 0 Å². The van der Waals surface area contributed by atoms with E-state index in [-0.39, 0.29) is 0 Å². The third-order valence-electron chi connectivity index (χ3n) is 1.54. The number of nitrogens with one attached hydrogen (secondary N) is 2. The molecule has 4 N–H and O–H groups in total. The summed E-state index contributed by atoms with van der Waals surface area (Å²) in [4.78, 5) is 22.0. The van der Waals surface area contributed by atoms with Gasteiger partial charge < -0.3 is 20.8 Å². The average Bonchev–Trinajstić information content (AvgIpc) is 2.16. The SMILES string of the molecule is CCNC(=O)[C@@H](O)[C@@H](O)C(=O)NCC. The van der Waals surface area contributed by atoms with Crippen LogP contribution in [0, 0.1) is 0 Å². The highest BCUT2D eigenvalue weighted by atomic mass is 16.3. The number of aliphatic hydroxyl groups is 2. The first-order chi connectivity index (χ1) is 6.54. The molecule has 0 unspecified atom stereocenters. The third kappa shape index (κ3) is 3.71. The van der Waals surface area contributed by atoms with E-state index in [1.54, 1.807) is 13.8 Å². The molecule has 0 aromatic carbocycles. The Labute approximate surface area is 82.3 Å². The topological polar surface area (TPSA) is 98.7 Å². The first kappa shape index (κ1) is 12.9. The van der Waals surface area contributed by atoms with E-state index in [1.165, 1.54) is 0 Å². The molecule has 0 saturated carbocycles. The lowest BCUT2D eigenvalue weighted by atomic mass is 10.2. The molecule has 2 atom stereocenters. The molecule has 82 valence electrons. The normalized spacial score (nSPS) is 14.3. The average molecular weight is 204 g/mol. The zero-order valence-corrected chi connectivity index (χ0v) is 8.28. The van der Waals surface area contributed by atoms with Gasteiger partial charge in [0.15, 0.2) is 12.2 Å². The van der Waals surface area contributed by atoms with Crippen molar-refractivity contribution in [3.8, 4) is 0 Å². The van der Waals surface area contributed by atoms with Gasteiger partial charge in [0.25, 0.3) is 11.8 Å². The van der Waals surface area contributed by atoms with Crippen LogP contribution in [0.5, 0.6) is 0 Å². The highest BCUT2D eigenvalue weighted by Crippen LogP contribution is 1.93. The highest BCUT2D eigenvalue weighted by Gasteiger charge is 2.29. The maximum absolute atomic E-state index is 11.0. The maximum atomic E-state index is 11.0. The first-order valence-corrected chi connectivity index (χ1v) is 4.46. The molecule has 0 heterocycles. The standard InChI is InChI=1S/C8H16N2O4/c1-3-9-7(13)5(11)6(12)8(14)10-4-2/h5-6,11-12H,3-4H2,1-2H3,(H,9,13)(H,10,14)/t5-,6+. The summed E-state index contributed by atoms with van der Waals surface area (Å²) in [6.07, 6.45) is -3.44. The predicted octanol–water partition coefficient (Wildman–Crippen LogP) is -2.02. The van der Waals surface area contributed by atoms with E-state index >= 15 is 0 Å². The Balaban J connectivity index is 4.16. The van der Waals surface area contributed by atoms with Crippen LogP contribution in [-0.2, 0) is 9.59 Å². The molecule has 0 aliphatic rings. The Morgan fingerprint density at radius 2 is 1.29 bits per heavy atom. The Morgan fingerprint density at radius 1 is 1.00 bits per heavy atom. The fourth-order valence-corrected chi connectivity index (χ4v) is 0.844. The maximum Gasteiger partial charge on any atom is 0.252 e. The van der Waals surface area contributed by atoms with Crippen LogP contribution in [0.3, 0.4) is 0 Å². The van der Waals surface area contributed by atoms with Crippen LogP contribution in [0.15, 0.2) is 0 Å². The van der Waals surface area contributed by atoms with Crippen molar-refractivity contribution in [1.29, 1.82) is 0 Å². The second-order valence-electron chi connectivity index (χ2n) is 2.68. The van der Waals surface area contributed by atoms with Crippen LogP contribution in [0.1, 0.15) is 13.8 Å². The minimum absolute atomic E-state index is 0.331. The zero-order valence-electron chi connectivity index (χ0n) is 8.28. The summed E-state index contributed by atoms with van der Waals surface area (Å²) in [5.74, 6) is -1.52. The largest absolute Gasteiger partial charge is 0.380 e. The van der Waals surface area contributed by atoms with Gasteiger partial charge in [0, 0.05) is 13.1 Å². The summed E-state index contributed by atoms with van der Waals surface area (Å²) in [6, 6.07) is 0. The molecule has 0 saturated heterocycles. The van der Waals surface area contributed by atoms with E-state index in [1.807, 2.05) is 0 Å². The molecule has 0 rings (SSSR count). The van der Waals surface area contributed by atoms with E-state index in [0.717, 1.165) is 0 Å². The van der Waals surface area contributed by atoms with Crippen molar-refractivity contribution in [2.75, 3.05) is 13.1 Å². The molecule has 0 aliphatic carbocycles. The fraction of sp³-hybridized carbons (Fsp3) is 0.750. The van der Waals surface area contributed by atoms with Crippen molar-refractivity contribution in [2.24, 2.45) is 0 Å². The van der Waals surface area contributed by atoms with Gasteiger partial charge in [0.2, 0.25) is 0 Å². The van der Waals surface area contributed by atoms with E-state index in [2.05, 4.69) is 10.6 Å². The van der Waals surface area contributed by atoms with Crippen molar-refractivity contribution in [3.63, 3.8) is 0 Å². The van der Waals surface area contributed by atoms with Gasteiger partial charge in [-0.2, -0.15) is 0 Å². The van der Waals surface area contributed by atoms with Crippen LogP contribution in [0.4, 0.5) is 0 Å². The van der Waals surface area contributed by atoms with Gasteiger partial charge in [-0.15, -0.1) is 0 Å². The van der Waals surface area contributed by atoms with Crippen molar-refractivity contribution in [1.82, 2.24) is 10.6 Å². The van der Waals surface area contributed by atoms with E-state index in [4.69, 9.17) is 0 Å². The summed E-state index contributed by atoms with van der Waals surface area (Å²) in [5.41, 5.74) is 0. The second-order valence-corrected chi connectivity index (χ2v) is 2.68. The van der Waals surface area contributed by atoms with Crippen molar-refractivity contribution >= 4 is 11.8 Å². The number of hydrogen-bond donors (Lipinski definition) is 4. The zero-order chi connectivity index (χ0) is 11.1. The molecular formula is C8H16N2O4. The predicted molar refractivity (Wildman–Crippen MR) is 49.4 cm³/mol. The Bertz CT molecular complexity index is 186. The minimum atomic E-state index is -1.72. The quantitative estimate of drug-likeness (QED) is 0.415. The molecule has 0 bridgehead atoms. The number of likely N-dealkylation sites (N-methyl/N-ethyl adjacent to an activating group) is 2. The smallest absolute Gasteiger partial charge is 0.252 e. The summed E-state index contributed by atoms with van der Waals surface area (Å²) in [7, 11) is 0. The van der Waals surface area contributed by atoms with Crippen LogP contribution < -0.4 is 10.6 Å². The lowest BCUT2D eigenvalue weighted by molar-refractivity contribution is -0.145. The van der Waals surface area contributed by atoms with Gasteiger partial charge in [-0.1, -0.05) is 0 Å². The van der Waals surface area contributed by atoms with Gasteiger partial charge in [-0.3, -0.25) is 9.59 Å². The number of amides is 2. The Morgan fingerprint density at radius 3 is 1.50 bits per heavy atom. The van der Waals surface area contributed by atoms with Crippen molar-refractivity contribution in [2.45, 2.75) is 26.1 Å². The molecule has 0 spiro atoms. The monoisotopic (exact) mass is 204 g/mol. The van der Waals surface area contributed by atoms with E-state index in [9.17, 15) is 19.8 Å². The molecule has 2 amide bonds. The molecule has 0 aromatic heterocycles. The van der Waals surface area contributed by atoms with Gasteiger partial charge >= 0.3 is 0 Å². The minimum Gasteiger partial charge on any atom is -0.380 e. The summed E-state index contributed by atoms with van der Waals surface area (Å²) < 4.78 is 0. The van der Waals surface area contributed by atoms with Gasteiger partial charge in [0.1, 0.15) is 0 Å². The van der Waals surface area contributed by atoms with Crippen LogP contribution >= 0.6 is 0 Å². The Hall–Kier alpha value is -1.14. The number of carbonyl (C=O) groups excluding carboxylic acids is 2. The Kier molecular flexibility index (Phi) is 5.82. The molecule has 6 heteroatoms. The third-order valence-corrected chi connectivity index (χ3v) is 1.54. The number of hydrogen-bond acceptors (Lipinski definition) is 4. The fourth-order valence-electron chi connectivity index (χ4n) is 0.844. The van der Waals surface area contributed by atoms with Crippen molar-refractivity contribution in [3.05, 3.63) is 0 Å². The second kappa shape index (κ2) is 6.33. The molecule has 6 nitrogen and oxygen atoms in total.